The minimum atomic E-state index is -4.61. The van der Waals surface area contributed by atoms with Crippen LogP contribution in [0.3, 0.4) is 0 Å². The summed E-state index contributed by atoms with van der Waals surface area (Å²) in [7, 11) is 0. The number of anilines is 2. The first-order chi connectivity index (χ1) is 21.1. The first kappa shape index (κ1) is 32.4. The molecule has 3 atom stereocenters. The second-order valence-corrected chi connectivity index (χ2v) is 12.8. The smallest absolute Gasteiger partial charge is 0.416 e. The first-order valence-corrected chi connectivity index (χ1v) is 14.8. The Morgan fingerprint density at radius 2 is 1.80 bits per heavy atom. The number of imidazole rings is 1. The molecule has 242 valence electrons. The normalized spacial score (nSPS) is 22.9. The van der Waals surface area contributed by atoms with Crippen molar-refractivity contribution in [1.82, 2.24) is 14.5 Å². The molecule has 1 amide bonds. The lowest BCUT2D eigenvalue weighted by atomic mass is 9.85. The zero-order chi connectivity index (χ0) is 32.7. The Hall–Kier alpha value is -4.00. The minimum Gasteiger partial charge on any atom is -0.481 e. The van der Waals surface area contributed by atoms with E-state index in [9.17, 15) is 32.3 Å². The van der Waals surface area contributed by atoms with Crippen molar-refractivity contribution >= 4 is 23.5 Å². The highest BCUT2D eigenvalue weighted by molar-refractivity contribution is 5.97. The van der Waals surface area contributed by atoms with E-state index in [1.165, 1.54) is 47.3 Å². The predicted octanol–water partition coefficient (Wildman–Crippen LogP) is 5.94. The second kappa shape index (κ2) is 12.1. The van der Waals surface area contributed by atoms with E-state index in [-0.39, 0.29) is 37.8 Å². The number of carboxylic acids is 1. The molecule has 1 aromatic heterocycles. The quantitative estimate of drug-likeness (QED) is 0.314. The zero-order valence-corrected chi connectivity index (χ0v) is 25.2. The molecule has 3 aromatic rings. The van der Waals surface area contributed by atoms with Crippen LogP contribution >= 0.6 is 0 Å². The lowest BCUT2D eigenvalue weighted by molar-refractivity contribution is -0.142. The van der Waals surface area contributed by atoms with Gasteiger partial charge in [0.25, 0.3) is 5.91 Å². The second-order valence-electron chi connectivity index (χ2n) is 12.8. The van der Waals surface area contributed by atoms with E-state index >= 15 is 4.39 Å². The van der Waals surface area contributed by atoms with Crippen LogP contribution in [-0.4, -0.2) is 68.8 Å². The third-order valence-electron chi connectivity index (χ3n) is 8.78. The Morgan fingerprint density at radius 1 is 1.09 bits per heavy atom. The summed E-state index contributed by atoms with van der Waals surface area (Å²) in [6, 6.07) is 8.68. The summed E-state index contributed by atoms with van der Waals surface area (Å²) in [5.74, 6) is -4.06. The molecule has 2 saturated heterocycles. The third-order valence-corrected chi connectivity index (χ3v) is 8.78. The van der Waals surface area contributed by atoms with Crippen LogP contribution in [-0.2, 0) is 22.3 Å². The largest absolute Gasteiger partial charge is 0.481 e. The van der Waals surface area contributed by atoms with Gasteiger partial charge in [-0.3, -0.25) is 19.8 Å². The number of aromatic nitrogens is 2. The number of piperidine rings is 1. The van der Waals surface area contributed by atoms with E-state index in [1.54, 1.807) is 4.90 Å². The van der Waals surface area contributed by atoms with Gasteiger partial charge in [0.15, 0.2) is 0 Å². The van der Waals surface area contributed by atoms with Gasteiger partial charge in [-0.15, -0.1) is 0 Å². The molecule has 3 heterocycles. The van der Waals surface area contributed by atoms with Crippen molar-refractivity contribution in [3.63, 3.8) is 0 Å². The Kier molecular flexibility index (Phi) is 8.69. The van der Waals surface area contributed by atoms with Crippen molar-refractivity contribution in [3.05, 3.63) is 77.4 Å². The number of hydrogen-bond donors (Lipinski definition) is 2. The topological polar surface area (TPSA) is 90.7 Å². The molecule has 8 nitrogen and oxygen atoms in total. The summed E-state index contributed by atoms with van der Waals surface area (Å²) in [5, 5.41) is 12.1. The number of aliphatic carboxylic acids is 1. The van der Waals surface area contributed by atoms with Crippen molar-refractivity contribution in [1.29, 1.82) is 0 Å². The third kappa shape index (κ3) is 6.82. The fourth-order valence-corrected chi connectivity index (χ4v) is 6.14. The number of hydrogen-bond acceptors (Lipinski definition) is 5. The maximum Gasteiger partial charge on any atom is 0.416 e. The van der Waals surface area contributed by atoms with Gasteiger partial charge in [0, 0.05) is 55.7 Å². The molecule has 2 aliphatic heterocycles. The van der Waals surface area contributed by atoms with E-state index in [2.05, 4.69) is 10.3 Å². The van der Waals surface area contributed by atoms with Crippen molar-refractivity contribution in [2.75, 3.05) is 36.4 Å². The number of rotatable bonds is 7. The van der Waals surface area contributed by atoms with Crippen LogP contribution in [0.1, 0.15) is 56.2 Å². The highest BCUT2D eigenvalue weighted by Gasteiger charge is 2.55. The monoisotopic (exact) mass is 633 g/mol. The first-order valence-electron chi connectivity index (χ1n) is 14.8. The minimum absolute atomic E-state index is 0.00278. The molecule has 0 bridgehead atoms. The standard InChI is InChI=1S/C32H36F5N5O3/c1-30(2,3)42-18-25(20-7-10-24(33)11-8-20)31(34,19-42)28(45)39-29-38-12-14-41(29)16-21-6-9-23(32(35,36)37)15-26(21)40-13-4-5-22(17-40)27(43)44/h6-12,14-15,22,25H,4-5,13,16-19H2,1-3H3,(H,43,44)(H,38,39,45)/t22-,25+,31+/m1/s1. The molecule has 2 aliphatic rings. The van der Waals surface area contributed by atoms with Gasteiger partial charge < -0.3 is 14.6 Å². The fraction of sp³-hybridized carbons (Fsp3) is 0.469. The number of carbonyl (C=O) groups excluding carboxylic acids is 1. The number of halogens is 5. The number of amides is 1. The number of nitrogens with one attached hydrogen (secondary N) is 1. The van der Waals surface area contributed by atoms with E-state index in [4.69, 9.17) is 0 Å². The molecule has 2 fully saturated rings. The van der Waals surface area contributed by atoms with Crippen molar-refractivity contribution in [3.8, 4) is 0 Å². The van der Waals surface area contributed by atoms with Crippen LogP contribution in [0.15, 0.2) is 54.9 Å². The van der Waals surface area contributed by atoms with Crippen LogP contribution in [0.2, 0.25) is 0 Å². The van der Waals surface area contributed by atoms with Crippen LogP contribution < -0.4 is 10.2 Å². The van der Waals surface area contributed by atoms with Crippen LogP contribution in [0, 0.1) is 11.7 Å². The van der Waals surface area contributed by atoms with Gasteiger partial charge in [0.1, 0.15) is 5.82 Å². The van der Waals surface area contributed by atoms with Gasteiger partial charge >= 0.3 is 12.1 Å². The lowest BCUT2D eigenvalue weighted by Gasteiger charge is -2.34. The predicted molar refractivity (Wildman–Crippen MR) is 158 cm³/mol. The molecule has 2 aromatic carbocycles. The Balaban J connectivity index is 1.43. The summed E-state index contributed by atoms with van der Waals surface area (Å²) >= 11 is 0. The average Bonchev–Trinajstić information content (AvgIpc) is 3.57. The SMILES string of the molecule is CC(C)(C)N1C[C@@H](c2ccc(F)cc2)[C@](F)(C(=O)Nc2nccn2Cc2ccc(C(F)(F)F)cc2N2CCC[C@@H](C(=O)O)C2)C1. The molecule has 13 heteroatoms. The number of carboxylic acid groups (broad SMARTS) is 1. The number of likely N-dealkylation sites (tertiary alicyclic amines) is 1. The number of alkyl halides is 4. The van der Waals surface area contributed by atoms with Crippen LogP contribution in [0.5, 0.6) is 0 Å². The van der Waals surface area contributed by atoms with Crippen molar-refractivity contribution in [2.45, 2.75) is 63.5 Å². The van der Waals surface area contributed by atoms with E-state index in [0.717, 1.165) is 12.1 Å². The van der Waals surface area contributed by atoms with Crippen molar-refractivity contribution < 1.29 is 36.6 Å². The van der Waals surface area contributed by atoms with Gasteiger partial charge in [0.05, 0.1) is 18.0 Å². The summed E-state index contributed by atoms with van der Waals surface area (Å²) in [6.07, 6.45) is -0.778. The number of nitrogens with zero attached hydrogens (tertiary/aromatic N) is 4. The molecule has 0 saturated carbocycles. The Bertz CT molecular complexity index is 1550. The fourth-order valence-electron chi connectivity index (χ4n) is 6.14. The highest BCUT2D eigenvalue weighted by atomic mass is 19.4. The van der Waals surface area contributed by atoms with Crippen LogP contribution in [0.25, 0.3) is 0 Å². The maximum atomic E-state index is 16.9. The number of benzene rings is 2. The van der Waals surface area contributed by atoms with E-state index in [1.807, 2.05) is 25.7 Å². The molecule has 2 N–H and O–H groups in total. The molecular weight excluding hydrogens is 597 g/mol. The Labute approximate surface area is 257 Å². The Morgan fingerprint density at radius 3 is 2.44 bits per heavy atom. The molecule has 0 spiro atoms. The molecule has 0 aliphatic carbocycles. The van der Waals surface area contributed by atoms with Gasteiger partial charge in [-0.25, -0.2) is 13.8 Å². The van der Waals surface area contributed by atoms with Crippen molar-refractivity contribution in [2.24, 2.45) is 5.92 Å². The average molecular weight is 634 g/mol. The molecule has 0 unspecified atom stereocenters. The summed E-state index contributed by atoms with van der Waals surface area (Å²) in [6.45, 7) is 6.15. The maximum absolute atomic E-state index is 16.9. The summed E-state index contributed by atoms with van der Waals surface area (Å²) in [4.78, 5) is 33.1. The van der Waals surface area contributed by atoms with Gasteiger partial charge in [-0.05, 0) is 69.0 Å². The molecule has 0 radical (unpaired) electrons. The summed E-state index contributed by atoms with van der Waals surface area (Å²) < 4.78 is 73.1. The van der Waals surface area contributed by atoms with Gasteiger partial charge in [0.2, 0.25) is 11.6 Å². The zero-order valence-electron chi connectivity index (χ0n) is 25.2. The molecule has 5 rings (SSSR count). The van der Waals surface area contributed by atoms with Crippen LogP contribution in [0.4, 0.5) is 33.6 Å². The lowest BCUT2D eigenvalue weighted by Crippen LogP contribution is -2.47. The summed E-state index contributed by atoms with van der Waals surface area (Å²) in [5.41, 5.74) is -2.58. The van der Waals surface area contributed by atoms with E-state index < -0.39 is 52.5 Å². The van der Waals surface area contributed by atoms with Gasteiger partial charge in [-0.1, -0.05) is 18.2 Å². The molecule has 45 heavy (non-hydrogen) atoms. The van der Waals surface area contributed by atoms with Gasteiger partial charge in [-0.2, -0.15) is 13.2 Å². The number of carbonyl (C=O) groups is 2. The molecular formula is C32H36F5N5O3. The van der Waals surface area contributed by atoms with E-state index in [0.29, 0.717) is 30.5 Å². The highest BCUT2D eigenvalue weighted by Crippen LogP contribution is 2.43.